The first-order chi connectivity index (χ1) is 13.8. The van der Waals surface area contributed by atoms with Gasteiger partial charge in [-0.25, -0.2) is 0 Å². The molecule has 0 saturated heterocycles. The van der Waals surface area contributed by atoms with Gasteiger partial charge in [0.05, 0.1) is 12.3 Å². The molecule has 2 amide bonds. The highest BCUT2D eigenvalue weighted by atomic mass is 32.2. The lowest BCUT2D eigenvalue weighted by Crippen LogP contribution is -2.37. The van der Waals surface area contributed by atoms with E-state index in [2.05, 4.69) is 5.32 Å². The number of hydrogen-bond donors (Lipinski definition) is 1. The SMILES string of the molecule is Cc1ccc(CSCC(=O)OCC(=O)N(C)CC(=O)Nc2ccc(C)cc2)cc1. The van der Waals surface area contributed by atoms with E-state index in [1.54, 1.807) is 12.1 Å². The van der Waals surface area contributed by atoms with Gasteiger partial charge < -0.3 is 15.0 Å². The Labute approximate surface area is 175 Å². The normalized spacial score (nSPS) is 10.3. The molecule has 154 valence electrons. The van der Waals surface area contributed by atoms with Gasteiger partial charge in [-0.1, -0.05) is 47.5 Å². The molecule has 2 aromatic carbocycles. The third kappa shape index (κ3) is 8.39. The Balaban J connectivity index is 1.65. The fourth-order valence-electron chi connectivity index (χ4n) is 2.37. The van der Waals surface area contributed by atoms with Gasteiger partial charge in [0.25, 0.3) is 5.91 Å². The number of likely N-dealkylation sites (N-methyl/N-ethyl adjacent to an activating group) is 1. The highest BCUT2D eigenvalue weighted by Gasteiger charge is 2.15. The maximum Gasteiger partial charge on any atom is 0.316 e. The molecule has 2 aromatic rings. The van der Waals surface area contributed by atoms with E-state index in [9.17, 15) is 14.4 Å². The van der Waals surface area contributed by atoms with Crippen LogP contribution in [0.2, 0.25) is 0 Å². The fourth-order valence-corrected chi connectivity index (χ4v) is 3.15. The maximum absolute atomic E-state index is 12.1. The summed E-state index contributed by atoms with van der Waals surface area (Å²) < 4.78 is 5.01. The highest BCUT2D eigenvalue weighted by molar-refractivity contribution is 7.99. The molecule has 0 aliphatic rings. The zero-order chi connectivity index (χ0) is 21.2. The van der Waals surface area contributed by atoms with Crippen molar-refractivity contribution in [3.8, 4) is 0 Å². The summed E-state index contributed by atoms with van der Waals surface area (Å²) in [5, 5.41) is 2.72. The molecule has 0 fully saturated rings. The molecule has 0 aliphatic carbocycles. The molecule has 0 saturated carbocycles. The van der Waals surface area contributed by atoms with Crippen molar-refractivity contribution in [3.63, 3.8) is 0 Å². The van der Waals surface area contributed by atoms with Crippen LogP contribution in [0.25, 0.3) is 0 Å². The zero-order valence-corrected chi connectivity index (χ0v) is 17.8. The van der Waals surface area contributed by atoms with Gasteiger partial charge in [0.15, 0.2) is 6.61 Å². The number of benzene rings is 2. The van der Waals surface area contributed by atoms with Crippen LogP contribution in [0.3, 0.4) is 0 Å². The Morgan fingerprint density at radius 2 is 1.55 bits per heavy atom. The maximum atomic E-state index is 12.1. The Bertz CT molecular complexity index is 835. The van der Waals surface area contributed by atoms with Crippen molar-refractivity contribution >= 4 is 35.2 Å². The minimum absolute atomic E-state index is 0.119. The van der Waals surface area contributed by atoms with Gasteiger partial charge in [-0.05, 0) is 31.5 Å². The summed E-state index contributed by atoms with van der Waals surface area (Å²) >= 11 is 1.43. The lowest BCUT2D eigenvalue weighted by Gasteiger charge is -2.16. The van der Waals surface area contributed by atoms with E-state index in [4.69, 9.17) is 4.74 Å². The van der Waals surface area contributed by atoms with Crippen LogP contribution in [0.4, 0.5) is 5.69 Å². The van der Waals surface area contributed by atoms with Crippen molar-refractivity contribution in [2.45, 2.75) is 19.6 Å². The largest absolute Gasteiger partial charge is 0.455 e. The van der Waals surface area contributed by atoms with Crippen LogP contribution in [0, 0.1) is 13.8 Å². The van der Waals surface area contributed by atoms with Gasteiger partial charge in [-0.15, -0.1) is 11.8 Å². The summed E-state index contributed by atoms with van der Waals surface area (Å²) in [6, 6.07) is 15.5. The van der Waals surface area contributed by atoms with Gasteiger partial charge in [-0.2, -0.15) is 0 Å². The van der Waals surface area contributed by atoms with Crippen LogP contribution in [0.15, 0.2) is 48.5 Å². The standard InChI is InChI=1S/C22H26N2O4S/c1-16-4-8-18(9-5-16)14-29-15-22(27)28-13-21(26)24(3)12-20(25)23-19-10-6-17(2)7-11-19/h4-11H,12-15H2,1-3H3,(H,23,25). The number of nitrogens with one attached hydrogen (secondary N) is 1. The van der Waals surface area contributed by atoms with Crippen LogP contribution in [0.5, 0.6) is 0 Å². The summed E-state index contributed by atoms with van der Waals surface area (Å²) in [7, 11) is 1.50. The van der Waals surface area contributed by atoms with Gasteiger partial charge in [0.1, 0.15) is 0 Å². The number of nitrogens with zero attached hydrogens (tertiary/aromatic N) is 1. The first-order valence-electron chi connectivity index (χ1n) is 9.23. The summed E-state index contributed by atoms with van der Waals surface area (Å²) in [5.41, 5.74) is 4.07. The number of hydrogen-bond acceptors (Lipinski definition) is 5. The van der Waals surface area contributed by atoms with Gasteiger partial charge in [0, 0.05) is 18.5 Å². The summed E-state index contributed by atoms with van der Waals surface area (Å²) in [6.07, 6.45) is 0. The number of anilines is 1. The summed E-state index contributed by atoms with van der Waals surface area (Å²) in [4.78, 5) is 37.1. The Hall–Kier alpha value is -2.80. The molecule has 7 heteroatoms. The average Bonchev–Trinajstić information content (AvgIpc) is 2.69. The average molecular weight is 415 g/mol. The molecule has 29 heavy (non-hydrogen) atoms. The Morgan fingerprint density at radius 3 is 2.17 bits per heavy atom. The predicted octanol–water partition coefficient (Wildman–Crippen LogP) is 3.18. The predicted molar refractivity (Wildman–Crippen MR) is 116 cm³/mol. The number of esters is 1. The number of amides is 2. The molecule has 0 bridgehead atoms. The van der Waals surface area contributed by atoms with Gasteiger partial charge in [0.2, 0.25) is 5.91 Å². The second-order valence-electron chi connectivity index (χ2n) is 6.80. The lowest BCUT2D eigenvalue weighted by atomic mass is 10.2. The third-order valence-corrected chi connectivity index (χ3v) is 5.09. The Morgan fingerprint density at radius 1 is 0.966 bits per heavy atom. The van der Waals surface area contributed by atoms with Gasteiger partial charge >= 0.3 is 5.97 Å². The van der Waals surface area contributed by atoms with E-state index < -0.39 is 11.9 Å². The third-order valence-electron chi connectivity index (χ3n) is 4.11. The molecule has 0 radical (unpaired) electrons. The molecule has 0 atom stereocenters. The smallest absolute Gasteiger partial charge is 0.316 e. The van der Waals surface area contributed by atoms with E-state index in [0.29, 0.717) is 11.4 Å². The molecule has 0 spiro atoms. The van der Waals surface area contributed by atoms with Crippen molar-refractivity contribution in [2.24, 2.45) is 0 Å². The molecule has 1 N–H and O–H groups in total. The highest BCUT2D eigenvalue weighted by Crippen LogP contribution is 2.13. The first-order valence-corrected chi connectivity index (χ1v) is 10.4. The lowest BCUT2D eigenvalue weighted by molar-refractivity contribution is -0.149. The quantitative estimate of drug-likeness (QED) is 0.638. The van der Waals surface area contributed by atoms with Crippen LogP contribution >= 0.6 is 11.8 Å². The molecule has 6 nitrogen and oxygen atoms in total. The molecule has 0 unspecified atom stereocenters. The molecule has 2 rings (SSSR count). The number of carbonyl (C=O) groups is 3. The Kier molecular flexibility index (Phi) is 8.73. The van der Waals surface area contributed by atoms with Crippen LogP contribution in [-0.4, -0.2) is 48.6 Å². The monoisotopic (exact) mass is 414 g/mol. The van der Waals surface area contributed by atoms with Crippen molar-refractivity contribution in [1.82, 2.24) is 4.90 Å². The van der Waals surface area contributed by atoms with Gasteiger partial charge in [-0.3, -0.25) is 14.4 Å². The van der Waals surface area contributed by atoms with E-state index in [1.807, 2.05) is 50.2 Å². The molecule has 0 heterocycles. The summed E-state index contributed by atoms with van der Waals surface area (Å²) in [5.74, 6) is -0.333. The van der Waals surface area contributed by atoms with Crippen molar-refractivity contribution in [2.75, 3.05) is 31.3 Å². The van der Waals surface area contributed by atoms with E-state index in [0.717, 1.165) is 11.1 Å². The number of carbonyl (C=O) groups excluding carboxylic acids is 3. The van der Waals surface area contributed by atoms with Crippen LogP contribution in [-0.2, 0) is 24.9 Å². The topological polar surface area (TPSA) is 75.7 Å². The molecule has 0 aromatic heterocycles. The number of rotatable bonds is 9. The first kappa shape index (κ1) is 22.5. The number of thioether (sulfide) groups is 1. The van der Waals surface area contributed by atoms with Crippen molar-refractivity contribution < 1.29 is 19.1 Å². The van der Waals surface area contributed by atoms with E-state index >= 15 is 0 Å². The van der Waals surface area contributed by atoms with Crippen LogP contribution < -0.4 is 5.32 Å². The minimum Gasteiger partial charge on any atom is -0.455 e. The molecule has 0 aliphatic heterocycles. The summed E-state index contributed by atoms with van der Waals surface area (Å²) in [6.45, 7) is 3.49. The van der Waals surface area contributed by atoms with E-state index in [1.165, 1.54) is 29.3 Å². The number of aryl methyl sites for hydroxylation is 2. The van der Waals surface area contributed by atoms with Crippen molar-refractivity contribution in [3.05, 3.63) is 65.2 Å². The molecular formula is C22H26N2O4S. The second kappa shape index (κ2) is 11.3. The fraction of sp³-hybridized carbons (Fsp3) is 0.318. The van der Waals surface area contributed by atoms with E-state index in [-0.39, 0.29) is 24.8 Å². The zero-order valence-electron chi connectivity index (χ0n) is 16.9. The minimum atomic E-state index is -0.451. The molecular weight excluding hydrogens is 388 g/mol. The van der Waals surface area contributed by atoms with Crippen LogP contribution in [0.1, 0.15) is 16.7 Å². The number of ether oxygens (including phenoxy) is 1. The van der Waals surface area contributed by atoms with Crippen molar-refractivity contribution in [1.29, 1.82) is 0 Å². The second-order valence-corrected chi connectivity index (χ2v) is 7.79.